The Morgan fingerprint density at radius 3 is 2.44 bits per heavy atom. The molecule has 3 rings (SSSR count). The summed E-state index contributed by atoms with van der Waals surface area (Å²) < 4.78 is 11.0. The smallest absolute Gasteiger partial charge is 0.273 e. The molecule has 1 saturated carbocycles. The van der Waals surface area contributed by atoms with Crippen LogP contribution in [0.25, 0.3) is 0 Å². The SMILES string of the molecule is Cc1nc(C(=O)N[C@@H]2CC[C@H](C(=O)N3C[C@@H](C)O[C@@H](C)C3)C2)c(C)o1. The fourth-order valence-electron chi connectivity index (χ4n) is 3.95. The molecule has 0 aromatic carbocycles. The maximum atomic E-state index is 12.8. The van der Waals surface area contributed by atoms with E-state index in [1.807, 2.05) is 18.7 Å². The first-order valence-electron chi connectivity index (χ1n) is 9.02. The lowest BCUT2D eigenvalue weighted by Crippen LogP contribution is -2.50. The molecular formula is C18H27N3O4. The van der Waals surface area contributed by atoms with E-state index in [1.54, 1.807) is 13.8 Å². The molecule has 1 N–H and O–H groups in total. The van der Waals surface area contributed by atoms with Crippen molar-refractivity contribution in [3.8, 4) is 0 Å². The van der Waals surface area contributed by atoms with Crippen LogP contribution in [-0.2, 0) is 9.53 Å². The fourth-order valence-corrected chi connectivity index (χ4v) is 3.95. The molecule has 1 aromatic heterocycles. The molecule has 1 saturated heterocycles. The van der Waals surface area contributed by atoms with E-state index < -0.39 is 0 Å². The molecule has 2 aliphatic rings. The summed E-state index contributed by atoms with van der Waals surface area (Å²) in [5, 5.41) is 3.00. The standard InChI is InChI=1S/C18H27N3O4/c1-10-8-21(9-11(2)24-10)18(23)14-5-6-15(7-14)20-17(22)16-12(3)25-13(4)19-16/h10-11,14-15H,5-9H2,1-4H3,(H,20,22)/t10-,11+,14-,15+/m0/s1. The van der Waals surface area contributed by atoms with E-state index in [0.29, 0.717) is 36.9 Å². The third-order valence-corrected chi connectivity index (χ3v) is 4.97. The summed E-state index contributed by atoms with van der Waals surface area (Å²) in [4.78, 5) is 31.2. The van der Waals surface area contributed by atoms with Crippen LogP contribution in [-0.4, -0.2) is 53.0 Å². The Labute approximate surface area is 148 Å². The number of nitrogens with zero attached hydrogens (tertiary/aromatic N) is 2. The van der Waals surface area contributed by atoms with E-state index in [2.05, 4.69) is 10.3 Å². The summed E-state index contributed by atoms with van der Waals surface area (Å²) in [6.07, 6.45) is 2.44. The number of morpholine rings is 1. The van der Waals surface area contributed by atoms with Crippen LogP contribution in [0.1, 0.15) is 55.2 Å². The maximum Gasteiger partial charge on any atom is 0.273 e. The number of aryl methyl sites for hydroxylation is 2. The molecule has 2 fully saturated rings. The van der Waals surface area contributed by atoms with Crippen LogP contribution >= 0.6 is 0 Å². The van der Waals surface area contributed by atoms with Gasteiger partial charge in [-0.05, 0) is 40.0 Å². The van der Waals surface area contributed by atoms with Crippen LogP contribution in [0, 0.1) is 19.8 Å². The molecule has 7 nitrogen and oxygen atoms in total. The topological polar surface area (TPSA) is 84.7 Å². The van der Waals surface area contributed by atoms with Gasteiger partial charge in [-0.2, -0.15) is 0 Å². The first-order valence-corrected chi connectivity index (χ1v) is 9.02. The van der Waals surface area contributed by atoms with Crippen molar-refractivity contribution in [2.24, 2.45) is 5.92 Å². The van der Waals surface area contributed by atoms with Gasteiger partial charge >= 0.3 is 0 Å². The van der Waals surface area contributed by atoms with Crippen LogP contribution in [0.3, 0.4) is 0 Å². The highest BCUT2D eigenvalue weighted by atomic mass is 16.5. The second kappa shape index (κ2) is 7.15. The van der Waals surface area contributed by atoms with E-state index in [0.717, 1.165) is 12.8 Å². The number of carbonyl (C=O) groups excluding carboxylic acids is 2. The van der Waals surface area contributed by atoms with Crippen molar-refractivity contribution in [2.75, 3.05) is 13.1 Å². The largest absolute Gasteiger partial charge is 0.445 e. The number of hydrogen-bond acceptors (Lipinski definition) is 5. The number of carbonyl (C=O) groups is 2. The van der Waals surface area contributed by atoms with Gasteiger partial charge in [-0.25, -0.2) is 4.98 Å². The highest BCUT2D eigenvalue weighted by Crippen LogP contribution is 2.29. The summed E-state index contributed by atoms with van der Waals surface area (Å²) in [5.74, 6) is 0.950. The van der Waals surface area contributed by atoms with Gasteiger partial charge < -0.3 is 19.4 Å². The zero-order chi connectivity index (χ0) is 18.1. The molecule has 7 heteroatoms. The molecule has 25 heavy (non-hydrogen) atoms. The quantitative estimate of drug-likeness (QED) is 0.900. The lowest BCUT2D eigenvalue weighted by Gasteiger charge is -2.36. The minimum absolute atomic E-state index is 0.00810. The zero-order valence-electron chi connectivity index (χ0n) is 15.4. The van der Waals surface area contributed by atoms with Crippen molar-refractivity contribution in [1.29, 1.82) is 0 Å². The van der Waals surface area contributed by atoms with E-state index in [-0.39, 0.29) is 36.0 Å². The lowest BCUT2D eigenvalue weighted by atomic mass is 10.0. The van der Waals surface area contributed by atoms with Crippen molar-refractivity contribution in [2.45, 2.75) is 65.2 Å². The number of rotatable bonds is 3. The molecule has 2 amide bonds. The Balaban J connectivity index is 1.55. The molecule has 2 heterocycles. The van der Waals surface area contributed by atoms with Gasteiger partial charge in [-0.15, -0.1) is 0 Å². The lowest BCUT2D eigenvalue weighted by molar-refractivity contribution is -0.147. The van der Waals surface area contributed by atoms with E-state index >= 15 is 0 Å². The number of hydrogen-bond donors (Lipinski definition) is 1. The number of nitrogens with one attached hydrogen (secondary N) is 1. The first-order chi connectivity index (χ1) is 11.8. The summed E-state index contributed by atoms with van der Waals surface area (Å²) in [7, 11) is 0. The average molecular weight is 349 g/mol. The summed E-state index contributed by atoms with van der Waals surface area (Å²) in [6.45, 7) is 8.74. The Morgan fingerprint density at radius 2 is 1.84 bits per heavy atom. The van der Waals surface area contributed by atoms with Gasteiger partial charge in [-0.3, -0.25) is 9.59 Å². The second-order valence-corrected chi connectivity index (χ2v) is 7.32. The van der Waals surface area contributed by atoms with Crippen molar-refractivity contribution >= 4 is 11.8 Å². The van der Waals surface area contributed by atoms with Gasteiger partial charge in [0.15, 0.2) is 11.6 Å². The Hall–Kier alpha value is -1.89. The minimum Gasteiger partial charge on any atom is -0.445 e. The molecule has 138 valence electrons. The molecule has 4 atom stereocenters. The summed E-state index contributed by atoms with van der Waals surface area (Å²) >= 11 is 0. The van der Waals surface area contributed by atoms with Crippen LogP contribution in [0.5, 0.6) is 0 Å². The van der Waals surface area contributed by atoms with E-state index in [1.165, 1.54) is 0 Å². The fraction of sp³-hybridized carbons (Fsp3) is 0.722. The Kier molecular flexibility index (Phi) is 5.13. The van der Waals surface area contributed by atoms with Crippen molar-refractivity contribution in [3.63, 3.8) is 0 Å². The van der Waals surface area contributed by atoms with Crippen molar-refractivity contribution in [1.82, 2.24) is 15.2 Å². The third kappa shape index (κ3) is 4.03. The second-order valence-electron chi connectivity index (χ2n) is 7.32. The third-order valence-electron chi connectivity index (χ3n) is 4.97. The number of aromatic nitrogens is 1. The average Bonchev–Trinajstić information content (AvgIpc) is 3.11. The molecule has 1 aliphatic carbocycles. The summed E-state index contributed by atoms with van der Waals surface area (Å²) in [5.41, 5.74) is 0.336. The highest BCUT2D eigenvalue weighted by molar-refractivity contribution is 5.93. The van der Waals surface area contributed by atoms with Gasteiger partial charge in [0.2, 0.25) is 5.91 Å². The van der Waals surface area contributed by atoms with Crippen LogP contribution in [0.15, 0.2) is 4.42 Å². The van der Waals surface area contributed by atoms with Crippen LogP contribution < -0.4 is 5.32 Å². The highest BCUT2D eigenvalue weighted by Gasteiger charge is 2.36. The zero-order valence-corrected chi connectivity index (χ0v) is 15.4. The number of ether oxygens (including phenoxy) is 1. The Morgan fingerprint density at radius 1 is 1.16 bits per heavy atom. The predicted molar refractivity (Wildman–Crippen MR) is 91.2 cm³/mol. The van der Waals surface area contributed by atoms with Gasteiger partial charge in [0.05, 0.1) is 12.2 Å². The van der Waals surface area contributed by atoms with Crippen molar-refractivity contribution < 1.29 is 18.7 Å². The van der Waals surface area contributed by atoms with E-state index in [4.69, 9.17) is 9.15 Å². The molecule has 0 bridgehead atoms. The summed E-state index contributed by atoms with van der Waals surface area (Å²) in [6, 6.07) is 0.00810. The number of oxazole rings is 1. The van der Waals surface area contributed by atoms with Gasteiger partial charge in [-0.1, -0.05) is 0 Å². The first kappa shape index (κ1) is 17.9. The molecule has 0 unspecified atom stereocenters. The van der Waals surface area contributed by atoms with E-state index in [9.17, 15) is 9.59 Å². The monoisotopic (exact) mass is 349 g/mol. The Bertz CT molecular complexity index is 647. The van der Waals surface area contributed by atoms with Crippen LogP contribution in [0.2, 0.25) is 0 Å². The van der Waals surface area contributed by atoms with Gasteiger partial charge in [0, 0.05) is 32.0 Å². The van der Waals surface area contributed by atoms with Gasteiger partial charge in [0.25, 0.3) is 5.91 Å². The molecular weight excluding hydrogens is 322 g/mol. The van der Waals surface area contributed by atoms with Gasteiger partial charge in [0.1, 0.15) is 5.76 Å². The number of amides is 2. The minimum atomic E-state index is -0.221. The van der Waals surface area contributed by atoms with Crippen molar-refractivity contribution in [3.05, 3.63) is 17.3 Å². The predicted octanol–water partition coefficient (Wildman–Crippen LogP) is 1.83. The molecule has 0 spiro atoms. The molecule has 0 radical (unpaired) electrons. The van der Waals surface area contributed by atoms with Crippen LogP contribution in [0.4, 0.5) is 0 Å². The maximum absolute atomic E-state index is 12.8. The molecule has 1 aromatic rings. The normalized spacial score (nSPS) is 29.7. The molecule has 1 aliphatic heterocycles.